The first-order chi connectivity index (χ1) is 13.6. The lowest BCUT2D eigenvalue weighted by Gasteiger charge is -2.29. The highest BCUT2D eigenvalue weighted by Gasteiger charge is 2.40. The molecule has 0 radical (unpaired) electrons. The zero-order valence-electron chi connectivity index (χ0n) is 15.9. The van der Waals surface area contributed by atoms with E-state index in [9.17, 15) is 14.4 Å². The van der Waals surface area contributed by atoms with Crippen LogP contribution in [-0.4, -0.2) is 47.3 Å². The van der Waals surface area contributed by atoms with E-state index in [2.05, 4.69) is 22.0 Å². The van der Waals surface area contributed by atoms with Crippen LogP contribution in [-0.2, 0) is 22.7 Å². The van der Waals surface area contributed by atoms with E-state index in [-0.39, 0.29) is 24.1 Å². The molecule has 0 aromatic heterocycles. The second-order valence-corrected chi connectivity index (χ2v) is 8.52. The van der Waals surface area contributed by atoms with Gasteiger partial charge in [0.05, 0.1) is 0 Å². The van der Waals surface area contributed by atoms with Gasteiger partial charge in [-0.15, -0.1) is 0 Å². The molecule has 3 fully saturated rings. The average molecular weight is 382 g/mol. The Labute approximate surface area is 164 Å². The van der Waals surface area contributed by atoms with E-state index in [0.717, 1.165) is 24.2 Å². The lowest BCUT2D eigenvalue weighted by Crippen LogP contribution is -2.52. The van der Waals surface area contributed by atoms with Crippen LogP contribution >= 0.6 is 0 Å². The second-order valence-electron chi connectivity index (χ2n) is 8.52. The van der Waals surface area contributed by atoms with Crippen LogP contribution in [0.5, 0.6) is 0 Å². The highest BCUT2D eigenvalue weighted by atomic mass is 16.2. The summed E-state index contributed by atoms with van der Waals surface area (Å²) in [6.07, 6.45) is 4.53. The Hall–Kier alpha value is -2.25. The predicted molar refractivity (Wildman–Crippen MR) is 102 cm³/mol. The lowest BCUT2D eigenvalue weighted by molar-refractivity contribution is -0.136. The van der Waals surface area contributed by atoms with Crippen molar-refractivity contribution in [3.63, 3.8) is 0 Å². The lowest BCUT2D eigenvalue weighted by atomic mass is 9.89. The Morgan fingerprint density at radius 2 is 2.04 bits per heavy atom. The molecule has 148 valence electrons. The number of hydrogen-bond acceptors (Lipinski definition) is 5. The van der Waals surface area contributed by atoms with Gasteiger partial charge in [0.15, 0.2) is 0 Å². The van der Waals surface area contributed by atoms with Gasteiger partial charge >= 0.3 is 0 Å². The number of carbonyl (C=O) groups excluding carboxylic acids is 3. The number of piperidine rings is 1. The van der Waals surface area contributed by atoms with Crippen LogP contribution in [0.3, 0.4) is 0 Å². The number of benzene rings is 1. The summed E-state index contributed by atoms with van der Waals surface area (Å²) in [6, 6.07) is 6.62. The van der Waals surface area contributed by atoms with Gasteiger partial charge in [-0.2, -0.15) is 0 Å². The van der Waals surface area contributed by atoms with Gasteiger partial charge < -0.3 is 15.5 Å². The van der Waals surface area contributed by atoms with Gasteiger partial charge in [-0.05, 0) is 55.3 Å². The molecule has 7 heteroatoms. The molecule has 7 nitrogen and oxygen atoms in total. The molecule has 3 saturated heterocycles. The van der Waals surface area contributed by atoms with Crippen molar-refractivity contribution in [1.82, 2.24) is 20.9 Å². The number of nitrogens with zero attached hydrogens (tertiary/aromatic N) is 1. The smallest absolute Gasteiger partial charge is 0.255 e. The highest BCUT2D eigenvalue weighted by Crippen LogP contribution is 2.33. The van der Waals surface area contributed by atoms with Crippen LogP contribution in [0.25, 0.3) is 0 Å². The predicted octanol–water partition coefficient (Wildman–Crippen LogP) is 0.678. The van der Waals surface area contributed by atoms with E-state index in [0.29, 0.717) is 36.5 Å². The van der Waals surface area contributed by atoms with E-state index < -0.39 is 6.04 Å². The van der Waals surface area contributed by atoms with Crippen molar-refractivity contribution in [3.8, 4) is 0 Å². The van der Waals surface area contributed by atoms with E-state index in [1.54, 1.807) is 4.90 Å². The Morgan fingerprint density at radius 3 is 2.79 bits per heavy atom. The van der Waals surface area contributed by atoms with Crippen molar-refractivity contribution in [2.75, 3.05) is 6.54 Å². The van der Waals surface area contributed by atoms with E-state index >= 15 is 0 Å². The van der Waals surface area contributed by atoms with Gasteiger partial charge in [-0.25, -0.2) is 0 Å². The van der Waals surface area contributed by atoms with Gasteiger partial charge in [0.1, 0.15) is 6.04 Å². The fourth-order valence-corrected chi connectivity index (χ4v) is 5.37. The Kier molecular flexibility index (Phi) is 4.44. The maximum Gasteiger partial charge on any atom is 0.255 e. The van der Waals surface area contributed by atoms with Gasteiger partial charge in [0.25, 0.3) is 5.91 Å². The number of rotatable bonds is 5. The minimum atomic E-state index is -0.557. The first kappa shape index (κ1) is 17.8. The Bertz CT molecular complexity index is 839. The largest absolute Gasteiger partial charge is 0.322 e. The molecular weight excluding hydrogens is 356 g/mol. The van der Waals surface area contributed by atoms with Crippen LogP contribution in [0.1, 0.15) is 53.6 Å². The highest BCUT2D eigenvalue weighted by molar-refractivity contribution is 6.05. The van der Waals surface area contributed by atoms with Crippen molar-refractivity contribution < 1.29 is 14.4 Å². The molecule has 0 aliphatic carbocycles. The minimum Gasteiger partial charge on any atom is -0.322 e. The third-order valence-electron chi connectivity index (χ3n) is 6.83. The second kappa shape index (κ2) is 6.97. The fraction of sp³-hybridized carbons (Fsp3) is 0.571. The zero-order chi connectivity index (χ0) is 19.3. The van der Waals surface area contributed by atoms with Crippen molar-refractivity contribution in [2.45, 2.75) is 63.3 Å². The van der Waals surface area contributed by atoms with Crippen molar-refractivity contribution in [2.24, 2.45) is 5.92 Å². The summed E-state index contributed by atoms with van der Waals surface area (Å²) in [5.74, 6) is -0.0352. The zero-order valence-corrected chi connectivity index (χ0v) is 15.9. The summed E-state index contributed by atoms with van der Waals surface area (Å²) in [6.45, 7) is 2.16. The van der Waals surface area contributed by atoms with Crippen molar-refractivity contribution in [1.29, 1.82) is 0 Å². The van der Waals surface area contributed by atoms with Crippen LogP contribution in [0.15, 0.2) is 18.2 Å². The first-order valence-corrected chi connectivity index (χ1v) is 10.3. The van der Waals surface area contributed by atoms with Crippen LogP contribution in [0.4, 0.5) is 0 Å². The fourth-order valence-electron chi connectivity index (χ4n) is 5.37. The van der Waals surface area contributed by atoms with Crippen LogP contribution < -0.4 is 16.0 Å². The average Bonchev–Trinajstić information content (AvgIpc) is 3.38. The number of carbonyl (C=O) groups is 3. The molecule has 4 unspecified atom stereocenters. The molecule has 1 aromatic carbocycles. The minimum absolute atomic E-state index is 0.108. The number of fused-ring (bicyclic) bond motifs is 3. The monoisotopic (exact) mass is 382 g/mol. The Balaban J connectivity index is 1.25. The molecular formula is C21H26N4O3. The quantitative estimate of drug-likeness (QED) is 0.652. The molecule has 3 N–H and O–H groups in total. The third kappa shape index (κ3) is 3.02. The van der Waals surface area contributed by atoms with Gasteiger partial charge in [-0.3, -0.25) is 19.7 Å². The summed E-state index contributed by atoms with van der Waals surface area (Å²) >= 11 is 0. The molecule has 1 aromatic rings. The Morgan fingerprint density at radius 1 is 1.14 bits per heavy atom. The molecule has 4 atom stereocenters. The summed E-state index contributed by atoms with van der Waals surface area (Å²) in [5, 5.41) is 9.62. The molecule has 4 aliphatic heterocycles. The SMILES string of the molecule is O=C1CCC(N2Cc3c(CNCC4CC5CCC4N5)cccc3C2=O)C(=O)N1. The normalized spacial score (nSPS) is 31.4. The van der Waals surface area contributed by atoms with Crippen molar-refractivity contribution >= 4 is 17.7 Å². The molecule has 4 heterocycles. The summed E-state index contributed by atoms with van der Waals surface area (Å²) in [5.41, 5.74) is 2.82. The molecule has 5 rings (SSSR count). The maximum atomic E-state index is 12.9. The standard InChI is InChI=1S/C21H26N4O3/c26-19-7-6-18(20(27)24-19)25-11-16-12(2-1-3-15(16)21(25)28)9-22-10-13-8-14-4-5-17(13)23-14/h1-3,13-14,17-18,22-23H,4-11H2,(H,24,26,27). The number of hydrogen-bond donors (Lipinski definition) is 3. The molecule has 0 saturated carbocycles. The molecule has 3 amide bonds. The van der Waals surface area contributed by atoms with Gasteiger partial charge in [0.2, 0.25) is 11.8 Å². The van der Waals surface area contributed by atoms with E-state index in [4.69, 9.17) is 0 Å². The first-order valence-electron chi connectivity index (χ1n) is 10.3. The topological polar surface area (TPSA) is 90.5 Å². The van der Waals surface area contributed by atoms with Crippen molar-refractivity contribution in [3.05, 3.63) is 34.9 Å². The number of nitrogens with one attached hydrogen (secondary N) is 3. The van der Waals surface area contributed by atoms with Gasteiger partial charge in [0, 0.05) is 37.2 Å². The molecule has 4 aliphatic rings. The van der Waals surface area contributed by atoms with Crippen LogP contribution in [0.2, 0.25) is 0 Å². The summed E-state index contributed by atoms with van der Waals surface area (Å²) < 4.78 is 0. The third-order valence-corrected chi connectivity index (χ3v) is 6.83. The van der Waals surface area contributed by atoms with E-state index in [1.807, 2.05) is 12.1 Å². The van der Waals surface area contributed by atoms with Gasteiger partial charge in [-0.1, -0.05) is 12.1 Å². The molecule has 28 heavy (non-hydrogen) atoms. The number of imide groups is 1. The molecule has 0 spiro atoms. The van der Waals surface area contributed by atoms with Crippen LogP contribution in [0, 0.1) is 5.92 Å². The summed E-state index contributed by atoms with van der Waals surface area (Å²) in [4.78, 5) is 38.1. The number of amides is 3. The van der Waals surface area contributed by atoms with E-state index in [1.165, 1.54) is 19.3 Å². The summed E-state index contributed by atoms with van der Waals surface area (Å²) in [7, 11) is 0. The molecule has 2 bridgehead atoms. The maximum absolute atomic E-state index is 12.9.